The molecule has 5 heteroatoms. The number of hydrogen-bond donors (Lipinski definition) is 1. The van der Waals surface area contributed by atoms with Crippen molar-refractivity contribution < 1.29 is 14.3 Å². The Morgan fingerprint density at radius 3 is 2.71 bits per heavy atom. The number of phenolic OH excluding ortho intramolecular Hbond substituents is 1. The average Bonchev–Trinajstić information content (AvgIpc) is 2.74. The summed E-state index contributed by atoms with van der Waals surface area (Å²) in [5, 5.41) is 9.50. The van der Waals surface area contributed by atoms with Crippen molar-refractivity contribution >= 4 is 23.2 Å². The molecule has 17 heavy (non-hydrogen) atoms. The highest BCUT2D eigenvalue weighted by molar-refractivity contribution is 6.29. The van der Waals surface area contributed by atoms with Gasteiger partial charge in [-0.3, -0.25) is 4.79 Å². The predicted octanol–water partition coefficient (Wildman–Crippen LogP) is 2.92. The van der Waals surface area contributed by atoms with Crippen LogP contribution in [0.5, 0.6) is 5.75 Å². The number of amides is 1. The molecule has 0 saturated heterocycles. The minimum atomic E-state index is -0.331. The number of furan rings is 1. The van der Waals surface area contributed by atoms with Crippen LogP contribution < -0.4 is 4.90 Å². The fourth-order valence-corrected chi connectivity index (χ4v) is 1.56. The van der Waals surface area contributed by atoms with Gasteiger partial charge in [0.1, 0.15) is 5.75 Å². The van der Waals surface area contributed by atoms with E-state index in [1.807, 2.05) is 0 Å². The van der Waals surface area contributed by atoms with Gasteiger partial charge in [-0.15, -0.1) is 0 Å². The van der Waals surface area contributed by atoms with E-state index >= 15 is 0 Å². The molecule has 1 aromatic heterocycles. The summed E-state index contributed by atoms with van der Waals surface area (Å²) in [6.07, 6.45) is 0. The summed E-state index contributed by atoms with van der Waals surface area (Å²) in [5.74, 6) is -0.0806. The van der Waals surface area contributed by atoms with Crippen molar-refractivity contribution in [2.24, 2.45) is 0 Å². The highest BCUT2D eigenvalue weighted by Crippen LogP contribution is 2.22. The van der Waals surface area contributed by atoms with Crippen LogP contribution >= 0.6 is 11.6 Å². The van der Waals surface area contributed by atoms with Crippen LogP contribution in [0.4, 0.5) is 5.69 Å². The van der Waals surface area contributed by atoms with Crippen molar-refractivity contribution in [2.75, 3.05) is 11.9 Å². The van der Waals surface area contributed by atoms with Crippen LogP contribution in [0.1, 0.15) is 10.6 Å². The fraction of sp³-hybridized carbons (Fsp3) is 0.0833. The maximum absolute atomic E-state index is 12.0. The van der Waals surface area contributed by atoms with Crippen molar-refractivity contribution in [2.45, 2.75) is 0 Å². The van der Waals surface area contributed by atoms with E-state index in [4.69, 9.17) is 16.0 Å². The lowest BCUT2D eigenvalue weighted by Crippen LogP contribution is -2.25. The Bertz CT molecular complexity index is 550. The van der Waals surface area contributed by atoms with Crippen molar-refractivity contribution in [3.63, 3.8) is 0 Å². The molecule has 4 nitrogen and oxygen atoms in total. The normalized spacial score (nSPS) is 10.2. The SMILES string of the molecule is CN(C(=O)c1ccc(Cl)o1)c1cccc(O)c1. The molecule has 2 aromatic rings. The second-order valence-corrected chi connectivity index (χ2v) is 3.86. The van der Waals surface area contributed by atoms with Crippen LogP contribution in [-0.2, 0) is 0 Å². The minimum absolute atomic E-state index is 0.0969. The molecule has 0 radical (unpaired) electrons. The lowest BCUT2D eigenvalue weighted by atomic mass is 10.2. The first-order valence-electron chi connectivity index (χ1n) is 4.90. The number of benzene rings is 1. The number of phenols is 1. The fourth-order valence-electron chi connectivity index (χ4n) is 1.41. The molecule has 0 spiro atoms. The number of halogens is 1. The van der Waals surface area contributed by atoms with Crippen LogP contribution in [0.2, 0.25) is 5.22 Å². The third-order valence-corrected chi connectivity index (χ3v) is 2.51. The quantitative estimate of drug-likeness (QED) is 0.893. The zero-order chi connectivity index (χ0) is 12.4. The van der Waals surface area contributed by atoms with Crippen molar-refractivity contribution in [3.05, 3.63) is 47.4 Å². The third kappa shape index (κ3) is 2.42. The third-order valence-electron chi connectivity index (χ3n) is 2.31. The lowest BCUT2D eigenvalue weighted by molar-refractivity contribution is 0.0966. The Hall–Kier alpha value is -1.94. The number of hydrogen-bond acceptors (Lipinski definition) is 3. The summed E-state index contributed by atoms with van der Waals surface area (Å²) < 4.78 is 5.03. The summed E-state index contributed by atoms with van der Waals surface area (Å²) in [7, 11) is 1.59. The second-order valence-electron chi connectivity index (χ2n) is 3.49. The second kappa shape index (κ2) is 4.51. The van der Waals surface area contributed by atoms with Gasteiger partial charge in [0.05, 0.1) is 0 Å². The first kappa shape index (κ1) is 11.5. The van der Waals surface area contributed by atoms with Gasteiger partial charge in [0.2, 0.25) is 0 Å². The van der Waals surface area contributed by atoms with Gasteiger partial charge in [0.15, 0.2) is 11.0 Å². The molecule has 88 valence electrons. The zero-order valence-electron chi connectivity index (χ0n) is 9.05. The number of carbonyl (C=O) groups excluding carboxylic acids is 1. The Morgan fingerprint density at radius 2 is 2.12 bits per heavy atom. The monoisotopic (exact) mass is 251 g/mol. The van der Waals surface area contributed by atoms with E-state index in [1.54, 1.807) is 19.2 Å². The Morgan fingerprint density at radius 1 is 1.35 bits per heavy atom. The standard InChI is InChI=1S/C12H10ClNO3/c1-14(8-3-2-4-9(15)7-8)12(16)10-5-6-11(13)17-10/h2-7,15H,1H3. The van der Waals surface area contributed by atoms with Crippen molar-refractivity contribution in [1.82, 2.24) is 0 Å². The molecular formula is C12H10ClNO3. The molecule has 0 aliphatic carbocycles. The van der Waals surface area contributed by atoms with Crippen molar-refractivity contribution in [1.29, 1.82) is 0 Å². The molecule has 1 heterocycles. The predicted molar refractivity (Wildman–Crippen MR) is 64.6 cm³/mol. The highest BCUT2D eigenvalue weighted by Gasteiger charge is 2.17. The topological polar surface area (TPSA) is 53.7 Å². The van der Waals surface area contributed by atoms with E-state index < -0.39 is 0 Å². The zero-order valence-corrected chi connectivity index (χ0v) is 9.81. The number of aromatic hydroxyl groups is 1. The molecular weight excluding hydrogens is 242 g/mol. The first-order chi connectivity index (χ1) is 8.08. The number of rotatable bonds is 2. The maximum Gasteiger partial charge on any atom is 0.293 e. The van der Waals surface area contributed by atoms with Gasteiger partial charge in [-0.25, -0.2) is 0 Å². The van der Waals surface area contributed by atoms with Gasteiger partial charge >= 0.3 is 0 Å². The van der Waals surface area contributed by atoms with Gasteiger partial charge < -0.3 is 14.4 Å². The van der Waals surface area contributed by atoms with E-state index in [0.29, 0.717) is 5.69 Å². The van der Waals surface area contributed by atoms with Crippen LogP contribution in [-0.4, -0.2) is 18.1 Å². The molecule has 1 N–H and O–H groups in total. The van der Waals surface area contributed by atoms with Gasteiger partial charge in [-0.05, 0) is 35.9 Å². The van der Waals surface area contributed by atoms with E-state index in [2.05, 4.69) is 0 Å². The summed E-state index contributed by atoms with van der Waals surface area (Å²) in [5.41, 5.74) is 0.572. The van der Waals surface area contributed by atoms with Crippen LogP contribution in [0, 0.1) is 0 Å². The molecule has 0 unspecified atom stereocenters. The number of anilines is 1. The van der Waals surface area contributed by atoms with Crippen LogP contribution in [0.15, 0.2) is 40.8 Å². The largest absolute Gasteiger partial charge is 0.508 e. The minimum Gasteiger partial charge on any atom is -0.508 e. The van der Waals surface area contributed by atoms with Gasteiger partial charge in [-0.1, -0.05) is 6.07 Å². The molecule has 0 atom stereocenters. The lowest BCUT2D eigenvalue weighted by Gasteiger charge is -2.15. The molecule has 0 fully saturated rings. The highest BCUT2D eigenvalue weighted by atomic mass is 35.5. The van der Waals surface area contributed by atoms with Gasteiger partial charge in [-0.2, -0.15) is 0 Å². The van der Waals surface area contributed by atoms with Gasteiger partial charge in [0.25, 0.3) is 5.91 Å². The van der Waals surface area contributed by atoms with E-state index in [0.717, 1.165) is 0 Å². The smallest absolute Gasteiger partial charge is 0.293 e. The number of nitrogens with zero attached hydrogens (tertiary/aromatic N) is 1. The summed E-state index contributed by atoms with van der Waals surface area (Å²) >= 11 is 5.60. The molecule has 0 aliphatic rings. The van der Waals surface area contributed by atoms with E-state index in [-0.39, 0.29) is 22.6 Å². The average molecular weight is 252 g/mol. The van der Waals surface area contributed by atoms with E-state index in [9.17, 15) is 9.90 Å². The van der Waals surface area contributed by atoms with Gasteiger partial charge in [0, 0.05) is 18.8 Å². The van der Waals surface area contributed by atoms with Crippen LogP contribution in [0.25, 0.3) is 0 Å². The molecule has 0 saturated carbocycles. The van der Waals surface area contributed by atoms with Crippen LogP contribution in [0.3, 0.4) is 0 Å². The van der Waals surface area contributed by atoms with E-state index in [1.165, 1.54) is 29.2 Å². The molecule has 0 bridgehead atoms. The van der Waals surface area contributed by atoms with Crippen molar-refractivity contribution in [3.8, 4) is 5.75 Å². The molecule has 1 amide bonds. The first-order valence-corrected chi connectivity index (χ1v) is 5.28. The summed E-state index contributed by atoms with van der Waals surface area (Å²) in [6.45, 7) is 0. The Kier molecular flexibility index (Phi) is 3.06. The molecule has 1 aromatic carbocycles. The molecule has 0 aliphatic heterocycles. The Labute approximate surface area is 103 Å². The Balaban J connectivity index is 2.26. The number of carbonyl (C=O) groups is 1. The molecule has 2 rings (SSSR count). The maximum atomic E-state index is 12.0. The summed E-state index contributed by atoms with van der Waals surface area (Å²) in [6, 6.07) is 9.40. The summed E-state index contributed by atoms with van der Waals surface area (Å²) in [4.78, 5) is 13.3.